The molecular formula is C25H25FN2O2. The number of carbonyl (C=O) groups excluding carboxylic acids is 2. The molecule has 4 nitrogen and oxygen atoms in total. The van der Waals surface area contributed by atoms with Crippen LogP contribution in [-0.2, 0) is 22.6 Å². The molecule has 0 unspecified atom stereocenters. The maximum absolute atomic E-state index is 13.8. The van der Waals surface area contributed by atoms with Gasteiger partial charge in [0.1, 0.15) is 5.82 Å². The van der Waals surface area contributed by atoms with E-state index in [0.29, 0.717) is 25.1 Å². The SMILES string of the molecule is O=C(NCc1ccccc1F)[C@H]1CCCN(C(=O)Cc2cccc3ccccc23)C1. The van der Waals surface area contributed by atoms with E-state index >= 15 is 0 Å². The van der Waals surface area contributed by atoms with E-state index < -0.39 is 0 Å². The van der Waals surface area contributed by atoms with E-state index in [1.165, 1.54) is 6.07 Å². The van der Waals surface area contributed by atoms with Crippen LogP contribution in [0.25, 0.3) is 10.8 Å². The summed E-state index contributed by atoms with van der Waals surface area (Å²) in [6.07, 6.45) is 1.85. The molecule has 0 aromatic heterocycles. The molecule has 1 saturated heterocycles. The Morgan fingerprint density at radius 2 is 1.70 bits per heavy atom. The molecule has 1 fully saturated rings. The van der Waals surface area contributed by atoms with Gasteiger partial charge in [0, 0.05) is 25.2 Å². The standard InChI is InChI=1S/C25H25FN2O2/c26-23-13-4-2-8-20(23)16-27-25(30)21-11-6-14-28(17-21)24(29)15-19-10-5-9-18-7-1-3-12-22(18)19/h1-5,7-10,12-13,21H,6,11,14-17H2,(H,27,30)/t21-/m0/s1. The maximum Gasteiger partial charge on any atom is 0.227 e. The van der Waals surface area contributed by atoms with E-state index in [0.717, 1.165) is 29.2 Å². The molecule has 30 heavy (non-hydrogen) atoms. The number of nitrogens with zero attached hydrogens (tertiary/aromatic N) is 1. The number of piperidine rings is 1. The van der Waals surface area contributed by atoms with Crippen LogP contribution in [0.3, 0.4) is 0 Å². The molecule has 1 aliphatic heterocycles. The van der Waals surface area contributed by atoms with Crippen molar-refractivity contribution in [2.24, 2.45) is 5.92 Å². The smallest absolute Gasteiger partial charge is 0.227 e. The first kappa shape index (κ1) is 20.1. The summed E-state index contributed by atoms with van der Waals surface area (Å²) < 4.78 is 13.8. The summed E-state index contributed by atoms with van der Waals surface area (Å²) in [5.74, 6) is -0.672. The van der Waals surface area contributed by atoms with E-state index in [1.807, 2.05) is 42.5 Å². The van der Waals surface area contributed by atoms with Gasteiger partial charge in [-0.3, -0.25) is 9.59 Å². The number of halogens is 1. The molecule has 5 heteroatoms. The number of fused-ring (bicyclic) bond motifs is 1. The number of benzene rings is 3. The quantitative estimate of drug-likeness (QED) is 0.697. The predicted octanol–water partition coefficient (Wildman–Crippen LogP) is 4.08. The number of hydrogen-bond donors (Lipinski definition) is 1. The second kappa shape index (κ2) is 9.08. The summed E-state index contributed by atoms with van der Waals surface area (Å²) in [7, 11) is 0. The van der Waals surface area contributed by atoms with Crippen molar-refractivity contribution in [1.82, 2.24) is 10.2 Å². The lowest BCUT2D eigenvalue weighted by Crippen LogP contribution is -2.45. The minimum Gasteiger partial charge on any atom is -0.352 e. The fourth-order valence-electron chi connectivity index (χ4n) is 4.11. The van der Waals surface area contributed by atoms with Crippen molar-refractivity contribution < 1.29 is 14.0 Å². The van der Waals surface area contributed by atoms with E-state index in [-0.39, 0.29) is 30.1 Å². The molecule has 0 aliphatic carbocycles. The highest BCUT2D eigenvalue weighted by Gasteiger charge is 2.28. The molecule has 1 heterocycles. The molecule has 3 aromatic carbocycles. The molecule has 2 amide bonds. The summed E-state index contributed by atoms with van der Waals surface area (Å²) in [6.45, 7) is 1.24. The van der Waals surface area contributed by atoms with E-state index in [9.17, 15) is 14.0 Å². The largest absolute Gasteiger partial charge is 0.352 e. The molecule has 0 saturated carbocycles. The van der Waals surface area contributed by atoms with Gasteiger partial charge < -0.3 is 10.2 Å². The van der Waals surface area contributed by atoms with E-state index in [2.05, 4.69) is 5.32 Å². The fraction of sp³-hybridized carbons (Fsp3) is 0.280. The molecule has 0 spiro atoms. The Morgan fingerprint density at radius 1 is 0.967 bits per heavy atom. The van der Waals surface area contributed by atoms with Gasteiger partial charge in [-0.25, -0.2) is 4.39 Å². The zero-order valence-corrected chi connectivity index (χ0v) is 16.8. The van der Waals surface area contributed by atoms with Crippen molar-refractivity contribution in [2.45, 2.75) is 25.8 Å². The molecule has 1 aliphatic rings. The van der Waals surface area contributed by atoms with Gasteiger partial charge in [-0.1, -0.05) is 60.7 Å². The molecule has 0 bridgehead atoms. The summed E-state index contributed by atoms with van der Waals surface area (Å²) in [5.41, 5.74) is 1.47. The van der Waals surface area contributed by atoms with Crippen molar-refractivity contribution in [2.75, 3.05) is 13.1 Å². The van der Waals surface area contributed by atoms with Gasteiger partial charge in [0.25, 0.3) is 0 Å². The number of hydrogen-bond acceptors (Lipinski definition) is 2. The topological polar surface area (TPSA) is 49.4 Å². The van der Waals surface area contributed by atoms with Crippen LogP contribution >= 0.6 is 0 Å². The first-order valence-electron chi connectivity index (χ1n) is 10.4. The monoisotopic (exact) mass is 404 g/mol. The lowest BCUT2D eigenvalue weighted by atomic mass is 9.95. The third kappa shape index (κ3) is 4.51. The Morgan fingerprint density at radius 3 is 2.57 bits per heavy atom. The van der Waals surface area contributed by atoms with E-state index in [4.69, 9.17) is 0 Å². The van der Waals surface area contributed by atoms with Gasteiger partial charge >= 0.3 is 0 Å². The summed E-state index contributed by atoms with van der Waals surface area (Å²) in [4.78, 5) is 27.4. The predicted molar refractivity (Wildman–Crippen MR) is 115 cm³/mol. The zero-order valence-electron chi connectivity index (χ0n) is 16.8. The number of nitrogens with one attached hydrogen (secondary N) is 1. The highest BCUT2D eigenvalue weighted by atomic mass is 19.1. The molecule has 3 aromatic rings. The van der Waals surface area contributed by atoms with Crippen LogP contribution < -0.4 is 5.32 Å². The number of likely N-dealkylation sites (tertiary alicyclic amines) is 1. The van der Waals surface area contributed by atoms with Crippen LogP contribution in [0.1, 0.15) is 24.0 Å². The first-order chi connectivity index (χ1) is 14.6. The lowest BCUT2D eigenvalue weighted by molar-refractivity contribution is -0.135. The van der Waals surface area contributed by atoms with Crippen LogP contribution in [0.5, 0.6) is 0 Å². The van der Waals surface area contributed by atoms with Gasteiger partial charge in [-0.2, -0.15) is 0 Å². The Bertz CT molecular complexity index is 1060. The van der Waals surface area contributed by atoms with Crippen LogP contribution in [0, 0.1) is 11.7 Å². The second-order valence-electron chi connectivity index (χ2n) is 7.80. The first-order valence-corrected chi connectivity index (χ1v) is 10.4. The average molecular weight is 404 g/mol. The zero-order chi connectivity index (χ0) is 20.9. The number of carbonyl (C=O) groups is 2. The van der Waals surface area contributed by atoms with Crippen LogP contribution in [0.2, 0.25) is 0 Å². The van der Waals surface area contributed by atoms with Crippen molar-refractivity contribution >= 4 is 22.6 Å². The molecule has 1 N–H and O–H groups in total. The summed E-state index contributed by atoms with van der Waals surface area (Å²) in [5, 5.41) is 5.03. The summed E-state index contributed by atoms with van der Waals surface area (Å²) >= 11 is 0. The van der Waals surface area contributed by atoms with Crippen molar-refractivity contribution in [3.63, 3.8) is 0 Å². The Balaban J connectivity index is 1.37. The third-order valence-electron chi connectivity index (χ3n) is 5.78. The molecule has 1 atom stereocenters. The van der Waals surface area contributed by atoms with Gasteiger partial charge in [-0.15, -0.1) is 0 Å². The summed E-state index contributed by atoms with van der Waals surface area (Å²) in [6, 6.07) is 20.5. The van der Waals surface area contributed by atoms with Gasteiger partial charge in [0.05, 0.1) is 12.3 Å². The normalized spacial score (nSPS) is 16.4. The highest BCUT2D eigenvalue weighted by molar-refractivity contribution is 5.90. The highest BCUT2D eigenvalue weighted by Crippen LogP contribution is 2.22. The molecule has 0 radical (unpaired) electrons. The maximum atomic E-state index is 13.8. The molecular weight excluding hydrogens is 379 g/mol. The number of amides is 2. The molecule has 4 rings (SSSR count). The minimum absolute atomic E-state index is 0.0398. The van der Waals surface area contributed by atoms with Gasteiger partial charge in [0.2, 0.25) is 11.8 Å². The Kier molecular flexibility index (Phi) is 6.07. The van der Waals surface area contributed by atoms with Gasteiger partial charge in [-0.05, 0) is 35.2 Å². The van der Waals surface area contributed by atoms with Crippen molar-refractivity contribution in [3.8, 4) is 0 Å². The average Bonchev–Trinajstić information content (AvgIpc) is 2.78. The fourth-order valence-corrected chi connectivity index (χ4v) is 4.11. The number of rotatable bonds is 5. The van der Waals surface area contributed by atoms with Crippen molar-refractivity contribution in [3.05, 3.63) is 83.7 Å². The van der Waals surface area contributed by atoms with Crippen LogP contribution in [0.15, 0.2) is 66.7 Å². The Hall–Kier alpha value is -3.21. The minimum atomic E-state index is -0.326. The second-order valence-corrected chi connectivity index (χ2v) is 7.80. The van der Waals surface area contributed by atoms with Gasteiger partial charge in [0.15, 0.2) is 0 Å². The third-order valence-corrected chi connectivity index (χ3v) is 5.78. The van der Waals surface area contributed by atoms with Crippen molar-refractivity contribution in [1.29, 1.82) is 0 Å². The lowest BCUT2D eigenvalue weighted by Gasteiger charge is -2.32. The molecule has 154 valence electrons. The van der Waals surface area contributed by atoms with E-state index in [1.54, 1.807) is 23.1 Å². The Labute approximate surface area is 175 Å². The van der Waals surface area contributed by atoms with Crippen LogP contribution in [0.4, 0.5) is 4.39 Å². The van der Waals surface area contributed by atoms with Crippen LogP contribution in [-0.4, -0.2) is 29.8 Å².